The van der Waals surface area contributed by atoms with Crippen LogP contribution in [0.25, 0.3) is 66.4 Å². The van der Waals surface area contributed by atoms with Gasteiger partial charge in [0.1, 0.15) is 0 Å². The molecule has 0 amide bonds. The minimum Gasteiger partial charge on any atom is -0.310 e. The zero-order valence-electron chi connectivity index (χ0n) is 38.8. The molecule has 0 atom stereocenters. The molecule has 328 valence electrons. The summed E-state index contributed by atoms with van der Waals surface area (Å²) < 4.78 is 0. The molecule has 1 aliphatic rings. The summed E-state index contributed by atoms with van der Waals surface area (Å²) in [6.07, 6.45) is 0. The maximum atomic E-state index is 2.45. The monoisotopic (exact) mass is 882 g/mol. The van der Waals surface area contributed by atoms with Gasteiger partial charge in [0.25, 0.3) is 0 Å². The summed E-state index contributed by atoms with van der Waals surface area (Å²) in [4.78, 5) is 4.85. The van der Waals surface area contributed by atoms with Gasteiger partial charge >= 0.3 is 0 Å². The molecule has 0 aromatic heterocycles. The number of hydrogen-bond donors (Lipinski definition) is 0. The molecule has 11 aromatic rings. The first kappa shape index (κ1) is 41.7. The SMILES string of the molecule is CC1(C)c2cc(N(c3ccc(-c4ccccc4)cc3)c3cccc(-c4ccccc4)c3)ccc2-c2c1ccc1c(N(c3ccc(-c4ccccc4)cc3)c3cccc(-c4ccccc4)c3)cccc21. The van der Waals surface area contributed by atoms with Gasteiger partial charge in [-0.3, -0.25) is 0 Å². The van der Waals surface area contributed by atoms with Crippen molar-refractivity contribution in [2.45, 2.75) is 19.3 Å². The molecular formula is C67H50N2. The van der Waals surface area contributed by atoms with Gasteiger partial charge in [0.15, 0.2) is 0 Å². The third kappa shape index (κ3) is 7.67. The van der Waals surface area contributed by atoms with Crippen molar-refractivity contribution in [3.8, 4) is 55.6 Å². The Hall–Kier alpha value is -8.72. The van der Waals surface area contributed by atoms with Gasteiger partial charge in [-0.1, -0.05) is 214 Å². The molecular weight excluding hydrogens is 833 g/mol. The second-order valence-electron chi connectivity index (χ2n) is 18.5. The van der Waals surface area contributed by atoms with E-state index in [1.54, 1.807) is 0 Å². The number of nitrogens with zero attached hydrogens (tertiary/aromatic N) is 2. The van der Waals surface area contributed by atoms with Crippen LogP contribution in [0, 0.1) is 0 Å². The van der Waals surface area contributed by atoms with Crippen LogP contribution in [0.1, 0.15) is 25.0 Å². The first-order valence-electron chi connectivity index (χ1n) is 23.9. The van der Waals surface area contributed by atoms with E-state index in [4.69, 9.17) is 0 Å². The molecule has 11 aromatic carbocycles. The van der Waals surface area contributed by atoms with Crippen molar-refractivity contribution >= 4 is 44.9 Å². The lowest BCUT2D eigenvalue weighted by molar-refractivity contribution is 0.661. The maximum absolute atomic E-state index is 2.45. The topological polar surface area (TPSA) is 6.48 Å². The lowest BCUT2D eigenvalue weighted by Crippen LogP contribution is -2.16. The summed E-state index contributed by atoms with van der Waals surface area (Å²) >= 11 is 0. The van der Waals surface area contributed by atoms with Gasteiger partial charge in [-0.05, 0) is 139 Å². The van der Waals surface area contributed by atoms with Gasteiger partial charge in [-0.2, -0.15) is 0 Å². The molecule has 0 aliphatic heterocycles. The molecule has 0 spiro atoms. The molecule has 1 aliphatic carbocycles. The minimum absolute atomic E-state index is 0.253. The molecule has 0 N–H and O–H groups in total. The molecule has 0 bridgehead atoms. The summed E-state index contributed by atoms with van der Waals surface area (Å²) in [6, 6.07) is 97.2. The first-order valence-corrected chi connectivity index (χ1v) is 23.9. The van der Waals surface area contributed by atoms with Crippen LogP contribution in [0.3, 0.4) is 0 Å². The van der Waals surface area contributed by atoms with E-state index in [-0.39, 0.29) is 5.41 Å². The highest BCUT2D eigenvalue weighted by Gasteiger charge is 2.37. The van der Waals surface area contributed by atoms with E-state index in [0.717, 1.165) is 34.1 Å². The summed E-state index contributed by atoms with van der Waals surface area (Å²) in [5.74, 6) is 0. The first-order chi connectivity index (χ1) is 34.0. The highest BCUT2D eigenvalue weighted by molar-refractivity contribution is 6.09. The Labute approximate surface area is 405 Å². The Morgan fingerprint density at radius 2 is 0.667 bits per heavy atom. The van der Waals surface area contributed by atoms with Crippen LogP contribution in [0.5, 0.6) is 0 Å². The third-order valence-corrected chi connectivity index (χ3v) is 14.0. The van der Waals surface area contributed by atoms with Crippen LogP contribution in [0.15, 0.2) is 267 Å². The molecule has 0 fully saturated rings. The zero-order valence-corrected chi connectivity index (χ0v) is 38.8. The predicted octanol–water partition coefficient (Wildman–Crippen LogP) is 18.8. The Balaban J connectivity index is 0.994. The molecule has 2 heteroatoms. The Morgan fingerprint density at radius 1 is 0.261 bits per heavy atom. The van der Waals surface area contributed by atoms with Crippen molar-refractivity contribution in [3.05, 3.63) is 278 Å². The standard InChI is InChI=1S/C67H50N2/c1-67(2)63-43-42-60-61(30-17-31-65(60)69(56-38-34-52(35-39-56)48-20-9-4-10-21-48)58-29-16-27-54(45-58)50-24-13-6-14-25-50)66(63)62-41-40-59(46-64(62)67)68(55-36-32-51(33-37-55)47-18-7-3-8-19-47)57-28-15-26-53(44-57)49-22-11-5-12-23-49/h3-46H,1-2H3. The molecule has 69 heavy (non-hydrogen) atoms. The predicted molar refractivity (Wildman–Crippen MR) is 293 cm³/mol. The molecule has 0 saturated heterocycles. The van der Waals surface area contributed by atoms with Crippen LogP contribution in [-0.2, 0) is 5.41 Å². The third-order valence-electron chi connectivity index (χ3n) is 14.0. The number of hydrogen-bond acceptors (Lipinski definition) is 2. The van der Waals surface area contributed by atoms with E-state index in [0.29, 0.717) is 0 Å². The minimum atomic E-state index is -0.253. The largest absolute Gasteiger partial charge is 0.310 e. The zero-order chi connectivity index (χ0) is 46.3. The molecule has 12 rings (SSSR count). The fraction of sp³-hybridized carbons (Fsp3) is 0.0448. The summed E-state index contributed by atoms with van der Waals surface area (Å²) in [6.45, 7) is 4.78. The molecule has 2 nitrogen and oxygen atoms in total. The van der Waals surface area contributed by atoms with E-state index in [1.807, 2.05) is 0 Å². The van der Waals surface area contributed by atoms with Crippen LogP contribution < -0.4 is 9.80 Å². The van der Waals surface area contributed by atoms with Crippen molar-refractivity contribution < 1.29 is 0 Å². The van der Waals surface area contributed by atoms with E-state index >= 15 is 0 Å². The second-order valence-corrected chi connectivity index (χ2v) is 18.5. The van der Waals surface area contributed by atoms with Gasteiger partial charge in [0, 0.05) is 39.2 Å². The average Bonchev–Trinajstić information content (AvgIpc) is 3.65. The number of rotatable bonds is 10. The fourth-order valence-electron chi connectivity index (χ4n) is 10.6. The summed E-state index contributed by atoms with van der Waals surface area (Å²) in [7, 11) is 0. The Kier molecular flexibility index (Phi) is 10.6. The van der Waals surface area contributed by atoms with Gasteiger partial charge in [-0.15, -0.1) is 0 Å². The van der Waals surface area contributed by atoms with Gasteiger partial charge in [-0.25, -0.2) is 0 Å². The van der Waals surface area contributed by atoms with Crippen LogP contribution in [0.2, 0.25) is 0 Å². The average molecular weight is 883 g/mol. The van der Waals surface area contributed by atoms with E-state index in [1.165, 1.54) is 77.5 Å². The summed E-state index contributed by atoms with van der Waals surface area (Å²) in [5.41, 5.74) is 21.2. The second kappa shape index (κ2) is 17.5. The van der Waals surface area contributed by atoms with E-state index in [9.17, 15) is 0 Å². The van der Waals surface area contributed by atoms with Crippen molar-refractivity contribution in [2.75, 3.05) is 9.80 Å². The van der Waals surface area contributed by atoms with Gasteiger partial charge < -0.3 is 9.80 Å². The number of anilines is 6. The molecule has 0 saturated carbocycles. The fourth-order valence-corrected chi connectivity index (χ4v) is 10.6. The molecule has 0 heterocycles. The number of fused-ring (bicyclic) bond motifs is 5. The van der Waals surface area contributed by atoms with Gasteiger partial charge in [0.05, 0.1) is 5.69 Å². The van der Waals surface area contributed by atoms with Crippen LogP contribution in [-0.4, -0.2) is 0 Å². The van der Waals surface area contributed by atoms with Crippen molar-refractivity contribution in [1.82, 2.24) is 0 Å². The Morgan fingerprint density at radius 3 is 1.19 bits per heavy atom. The van der Waals surface area contributed by atoms with Crippen molar-refractivity contribution in [2.24, 2.45) is 0 Å². The lowest BCUT2D eigenvalue weighted by Gasteiger charge is -2.29. The van der Waals surface area contributed by atoms with Crippen LogP contribution in [0.4, 0.5) is 34.1 Å². The van der Waals surface area contributed by atoms with Gasteiger partial charge in [0.2, 0.25) is 0 Å². The van der Waals surface area contributed by atoms with Crippen molar-refractivity contribution in [1.29, 1.82) is 0 Å². The van der Waals surface area contributed by atoms with Crippen molar-refractivity contribution in [3.63, 3.8) is 0 Å². The Bertz CT molecular complexity index is 3600. The lowest BCUT2D eigenvalue weighted by atomic mass is 9.81. The molecule has 0 unspecified atom stereocenters. The van der Waals surface area contributed by atoms with E-state index in [2.05, 4.69) is 291 Å². The smallest absolute Gasteiger partial charge is 0.0540 e. The maximum Gasteiger partial charge on any atom is 0.0540 e. The quantitative estimate of drug-likeness (QED) is 0.135. The van der Waals surface area contributed by atoms with Crippen LogP contribution >= 0.6 is 0 Å². The highest BCUT2D eigenvalue weighted by atomic mass is 15.1. The van der Waals surface area contributed by atoms with E-state index < -0.39 is 0 Å². The molecule has 0 radical (unpaired) electrons. The highest BCUT2D eigenvalue weighted by Crippen LogP contribution is 2.54. The summed E-state index contributed by atoms with van der Waals surface area (Å²) in [5, 5.41) is 2.46. The number of benzene rings is 11. The normalized spacial score (nSPS) is 12.3.